The lowest BCUT2D eigenvalue weighted by atomic mass is 10.0. The Morgan fingerprint density at radius 3 is 2.65 bits per heavy atom. The molecule has 1 saturated heterocycles. The van der Waals surface area contributed by atoms with Gasteiger partial charge in [-0.1, -0.05) is 12.1 Å². The van der Waals surface area contributed by atoms with Crippen molar-refractivity contribution in [1.82, 2.24) is 15.1 Å². The predicted octanol–water partition coefficient (Wildman–Crippen LogP) is 1.94. The molecule has 1 aliphatic heterocycles. The van der Waals surface area contributed by atoms with Crippen LogP contribution < -0.4 is 5.32 Å². The molecule has 0 radical (unpaired) electrons. The molecule has 20 heavy (non-hydrogen) atoms. The van der Waals surface area contributed by atoms with Gasteiger partial charge in [0.05, 0.1) is 0 Å². The molecule has 3 nitrogen and oxygen atoms in total. The number of hydrogen-bond acceptors (Lipinski definition) is 3. The van der Waals surface area contributed by atoms with Gasteiger partial charge in [0.25, 0.3) is 0 Å². The first-order chi connectivity index (χ1) is 9.47. The largest absolute Gasteiger partial charge is 0.314 e. The third-order valence-corrected chi connectivity index (χ3v) is 3.97. The minimum atomic E-state index is -0.155. The molecule has 0 aliphatic carbocycles. The second-order valence-electron chi connectivity index (χ2n) is 6.35. The Morgan fingerprint density at radius 2 is 2.00 bits per heavy atom. The van der Waals surface area contributed by atoms with E-state index in [0.717, 1.165) is 44.8 Å². The van der Waals surface area contributed by atoms with E-state index >= 15 is 0 Å². The van der Waals surface area contributed by atoms with Crippen LogP contribution in [0.15, 0.2) is 24.3 Å². The van der Waals surface area contributed by atoms with E-state index in [-0.39, 0.29) is 11.4 Å². The molecule has 1 aromatic carbocycles. The van der Waals surface area contributed by atoms with Gasteiger partial charge in [-0.05, 0) is 38.6 Å². The molecule has 1 heterocycles. The monoisotopic (exact) mass is 279 g/mol. The number of halogens is 1. The summed E-state index contributed by atoms with van der Waals surface area (Å²) in [6.07, 6.45) is 0. The molecule has 0 amide bonds. The van der Waals surface area contributed by atoms with E-state index in [2.05, 4.69) is 36.0 Å². The first kappa shape index (κ1) is 15.4. The molecule has 112 valence electrons. The van der Waals surface area contributed by atoms with Crippen molar-refractivity contribution < 1.29 is 4.39 Å². The summed E-state index contributed by atoms with van der Waals surface area (Å²) in [5.74, 6) is -0.155. The highest BCUT2D eigenvalue weighted by Gasteiger charge is 2.28. The second kappa shape index (κ2) is 6.66. The third kappa shape index (κ3) is 4.27. The maximum Gasteiger partial charge on any atom is 0.123 e. The second-order valence-corrected chi connectivity index (χ2v) is 6.35. The fraction of sp³-hybridized carbons (Fsp3) is 0.625. The van der Waals surface area contributed by atoms with Crippen LogP contribution in [0.2, 0.25) is 0 Å². The first-order valence-electron chi connectivity index (χ1n) is 7.36. The Kier molecular flexibility index (Phi) is 5.13. The van der Waals surface area contributed by atoms with Crippen molar-refractivity contribution >= 4 is 0 Å². The molecular formula is C16H26FN3. The van der Waals surface area contributed by atoms with Gasteiger partial charge in [0.1, 0.15) is 5.82 Å². The number of nitrogens with one attached hydrogen (secondary N) is 1. The van der Waals surface area contributed by atoms with Crippen molar-refractivity contribution in [3.63, 3.8) is 0 Å². The van der Waals surface area contributed by atoms with E-state index in [0.29, 0.717) is 0 Å². The Morgan fingerprint density at radius 1 is 1.30 bits per heavy atom. The number of rotatable bonds is 5. The fourth-order valence-electron chi connectivity index (χ4n) is 3.03. The summed E-state index contributed by atoms with van der Waals surface area (Å²) in [5, 5.41) is 3.39. The highest BCUT2D eigenvalue weighted by molar-refractivity contribution is 5.16. The average molecular weight is 279 g/mol. The topological polar surface area (TPSA) is 18.5 Å². The molecule has 2 rings (SSSR count). The molecule has 0 atom stereocenters. The zero-order chi connectivity index (χ0) is 14.6. The van der Waals surface area contributed by atoms with Crippen LogP contribution in [0.1, 0.15) is 19.4 Å². The van der Waals surface area contributed by atoms with Gasteiger partial charge in [-0.25, -0.2) is 4.39 Å². The molecule has 0 aromatic heterocycles. The Hall–Kier alpha value is -0.970. The van der Waals surface area contributed by atoms with Crippen LogP contribution in [0.3, 0.4) is 0 Å². The summed E-state index contributed by atoms with van der Waals surface area (Å²) in [4.78, 5) is 4.81. The fourth-order valence-corrected chi connectivity index (χ4v) is 3.03. The van der Waals surface area contributed by atoms with Crippen molar-refractivity contribution in [2.75, 3.05) is 39.8 Å². The van der Waals surface area contributed by atoms with E-state index in [9.17, 15) is 4.39 Å². The van der Waals surface area contributed by atoms with Crippen LogP contribution in [-0.2, 0) is 6.54 Å². The van der Waals surface area contributed by atoms with Gasteiger partial charge in [-0.3, -0.25) is 4.90 Å². The van der Waals surface area contributed by atoms with Gasteiger partial charge in [-0.15, -0.1) is 0 Å². The highest BCUT2D eigenvalue weighted by atomic mass is 19.1. The van der Waals surface area contributed by atoms with Gasteiger partial charge < -0.3 is 10.2 Å². The summed E-state index contributed by atoms with van der Waals surface area (Å²) in [6, 6.07) is 6.87. The first-order valence-corrected chi connectivity index (χ1v) is 7.36. The molecule has 0 spiro atoms. The maximum atomic E-state index is 13.2. The molecule has 0 unspecified atom stereocenters. The number of piperazine rings is 1. The van der Waals surface area contributed by atoms with E-state index < -0.39 is 0 Å². The normalized spacial score (nSPS) is 17.6. The highest BCUT2D eigenvalue weighted by Crippen LogP contribution is 2.17. The SMILES string of the molecule is CN(Cc1cccc(F)c1)CC(C)(C)N1CCNCC1. The lowest BCUT2D eigenvalue weighted by Crippen LogP contribution is -2.57. The number of likely N-dealkylation sites (N-methyl/N-ethyl adjacent to an activating group) is 1. The van der Waals surface area contributed by atoms with E-state index in [1.807, 2.05) is 6.07 Å². The van der Waals surface area contributed by atoms with E-state index in [1.54, 1.807) is 12.1 Å². The molecule has 0 bridgehead atoms. The average Bonchev–Trinajstić information content (AvgIpc) is 2.39. The molecule has 1 aromatic rings. The Labute approximate surface area is 121 Å². The summed E-state index contributed by atoms with van der Waals surface area (Å²) < 4.78 is 13.2. The number of benzene rings is 1. The van der Waals surface area contributed by atoms with Gasteiger partial charge in [0.2, 0.25) is 0 Å². The van der Waals surface area contributed by atoms with Crippen molar-refractivity contribution in [2.45, 2.75) is 25.9 Å². The molecular weight excluding hydrogens is 253 g/mol. The van der Waals surface area contributed by atoms with Crippen molar-refractivity contribution in [2.24, 2.45) is 0 Å². The lowest BCUT2D eigenvalue weighted by molar-refractivity contribution is 0.0693. The van der Waals surface area contributed by atoms with Crippen LogP contribution in [-0.4, -0.2) is 55.1 Å². The number of nitrogens with zero attached hydrogens (tertiary/aromatic N) is 2. The molecule has 1 fully saturated rings. The number of hydrogen-bond donors (Lipinski definition) is 1. The zero-order valence-corrected chi connectivity index (χ0v) is 12.8. The molecule has 4 heteroatoms. The van der Waals surface area contributed by atoms with E-state index in [1.165, 1.54) is 6.07 Å². The molecule has 0 saturated carbocycles. The quantitative estimate of drug-likeness (QED) is 0.888. The predicted molar refractivity (Wildman–Crippen MR) is 81.3 cm³/mol. The standard InChI is InChI=1S/C16H26FN3/c1-16(2,20-9-7-18-8-10-20)13-19(3)12-14-5-4-6-15(17)11-14/h4-6,11,18H,7-10,12-13H2,1-3H3. The summed E-state index contributed by atoms with van der Waals surface area (Å²) in [6.45, 7) is 10.7. The van der Waals surface area contributed by atoms with Gasteiger partial charge >= 0.3 is 0 Å². The Balaban J connectivity index is 1.90. The Bertz CT molecular complexity index is 427. The van der Waals surface area contributed by atoms with E-state index in [4.69, 9.17) is 0 Å². The van der Waals surface area contributed by atoms with Crippen LogP contribution in [0.5, 0.6) is 0 Å². The van der Waals surface area contributed by atoms with Crippen molar-refractivity contribution in [3.05, 3.63) is 35.6 Å². The van der Waals surface area contributed by atoms with Crippen molar-refractivity contribution in [3.8, 4) is 0 Å². The molecule has 1 N–H and O–H groups in total. The molecule has 1 aliphatic rings. The summed E-state index contributed by atoms with van der Waals surface area (Å²) >= 11 is 0. The smallest absolute Gasteiger partial charge is 0.123 e. The van der Waals surface area contributed by atoms with Crippen LogP contribution in [0.4, 0.5) is 4.39 Å². The summed E-state index contributed by atoms with van der Waals surface area (Å²) in [5.41, 5.74) is 1.17. The van der Waals surface area contributed by atoms with Crippen LogP contribution in [0, 0.1) is 5.82 Å². The lowest BCUT2D eigenvalue weighted by Gasteiger charge is -2.43. The van der Waals surface area contributed by atoms with Gasteiger partial charge in [-0.2, -0.15) is 0 Å². The maximum absolute atomic E-state index is 13.2. The van der Waals surface area contributed by atoms with Gasteiger partial charge in [0, 0.05) is 44.8 Å². The van der Waals surface area contributed by atoms with Crippen LogP contribution >= 0.6 is 0 Å². The minimum absolute atomic E-state index is 0.143. The third-order valence-electron chi connectivity index (χ3n) is 3.97. The van der Waals surface area contributed by atoms with Crippen molar-refractivity contribution in [1.29, 1.82) is 0 Å². The summed E-state index contributed by atoms with van der Waals surface area (Å²) in [7, 11) is 2.11. The zero-order valence-electron chi connectivity index (χ0n) is 12.8. The van der Waals surface area contributed by atoms with Crippen LogP contribution in [0.25, 0.3) is 0 Å². The minimum Gasteiger partial charge on any atom is -0.314 e. The van der Waals surface area contributed by atoms with Gasteiger partial charge in [0.15, 0.2) is 0 Å².